The number of aromatic nitrogens is 3. The molecule has 2 aromatic heterocycles. The minimum Gasteiger partial charge on any atom is -0.494 e. The number of hydrogen-bond donors (Lipinski definition) is 1. The quantitative estimate of drug-likeness (QED) is 0.626. The van der Waals surface area contributed by atoms with Crippen LogP contribution in [0.2, 0.25) is 0 Å². The fourth-order valence-electron chi connectivity index (χ4n) is 2.20. The van der Waals surface area contributed by atoms with Gasteiger partial charge in [-0.2, -0.15) is 18.2 Å². The predicted octanol–water partition coefficient (Wildman–Crippen LogP) is 4.18. The number of ether oxygens (including phenoxy) is 1. The Kier molecular flexibility index (Phi) is 5.93. The average Bonchev–Trinajstić information content (AvgIpc) is 3.30. The van der Waals surface area contributed by atoms with Crippen molar-refractivity contribution in [1.82, 2.24) is 15.1 Å². The number of alkyl halides is 3. The van der Waals surface area contributed by atoms with E-state index >= 15 is 0 Å². The maximum absolute atomic E-state index is 12.5. The Hall–Kier alpha value is -2.95. The Morgan fingerprint density at radius 2 is 2.00 bits per heavy atom. The number of amides is 1. The number of aryl methyl sites for hydroxylation is 1. The van der Waals surface area contributed by atoms with Gasteiger partial charge in [0.1, 0.15) is 5.75 Å². The van der Waals surface area contributed by atoms with Crippen LogP contribution < -0.4 is 10.1 Å². The van der Waals surface area contributed by atoms with E-state index in [-0.39, 0.29) is 23.9 Å². The first-order valence-electron chi connectivity index (χ1n) is 8.23. The van der Waals surface area contributed by atoms with E-state index in [9.17, 15) is 18.0 Å². The number of hydrogen-bond acceptors (Lipinski definition) is 7. The summed E-state index contributed by atoms with van der Waals surface area (Å²) in [6.45, 7) is 2.45. The summed E-state index contributed by atoms with van der Waals surface area (Å²) < 4.78 is 48.0. The smallest absolute Gasteiger partial charge is 0.434 e. The molecule has 0 bridgehead atoms. The van der Waals surface area contributed by atoms with Crippen molar-refractivity contribution in [3.05, 3.63) is 41.2 Å². The van der Waals surface area contributed by atoms with Gasteiger partial charge in [-0.25, -0.2) is 4.98 Å². The largest absolute Gasteiger partial charge is 0.494 e. The summed E-state index contributed by atoms with van der Waals surface area (Å²) in [7, 11) is 0. The maximum Gasteiger partial charge on any atom is 0.434 e. The number of anilines is 1. The molecule has 3 aromatic rings. The molecule has 11 heteroatoms. The van der Waals surface area contributed by atoms with Gasteiger partial charge in [-0.1, -0.05) is 5.16 Å². The van der Waals surface area contributed by atoms with Crippen molar-refractivity contribution >= 4 is 22.4 Å². The molecule has 1 aromatic carbocycles. The van der Waals surface area contributed by atoms with Gasteiger partial charge in [0.05, 0.1) is 6.61 Å². The summed E-state index contributed by atoms with van der Waals surface area (Å²) in [6, 6.07) is 7.14. The van der Waals surface area contributed by atoms with E-state index in [1.165, 1.54) is 0 Å². The van der Waals surface area contributed by atoms with Gasteiger partial charge in [-0.3, -0.25) is 4.79 Å². The van der Waals surface area contributed by atoms with E-state index in [1.807, 2.05) is 6.92 Å². The summed E-state index contributed by atoms with van der Waals surface area (Å²) >= 11 is 0.708. The molecule has 3 rings (SSSR count). The molecule has 0 unspecified atom stereocenters. The number of nitrogens with one attached hydrogen (secondary N) is 1. The second-order valence-corrected chi connectivity index (χ2v) is 6.41. The molecular weight excluding hydrogens is 397 g/mol. The fraction of sp³-hybridized carbons (Fsp3) is 0.294. The summed E-state index contributed by atoms with van der Waals surface area (Å²) in [6.07, 6.45) is -4.43. The Balaban J connectivity index is 1.54. The second-order valence-electron chi connectivity index (χ2n) is 5.55. The number of halogens is 3. The van der Waals surface area contributed by atoms with Crippen molar-refractivity contribution in [2.24, 2.45) is 0 Å². The number of rotatable bonds is 7. The lowest BCUT2D eigenvalue weighted by Crippen LogP contribution is -2.13. The number of benzene rings is 1. The number of thiazole rings is 1. The molecule has 0 aliphatic heterocycles. The minimum absolute atomic E-state index is 0.0359. The monoisotopic (exact) mass is 412 g/mol. The highest BCUT2D eigenvalue weighted by Crippen LogP contribution is 2.31. The molecule has 148 valence electrons. The molecule has 1 N–H and O–H groups in total. The van der Waals surface area contributed by atoms with Crippen LogP contribution in [-0.2, 0) is 17.4 Å². The molecule has 1 amide bonds. The number of carbonyl (C=O) groups is 1. The van der Waals surface area contributed by atoms with Crippen molar-refractivity contribution in [2.75, 3.05) is 11.9 Å². The van der Waals surface area contributed by atoms with Gasteiger partial charge >= 0.3 is 6.18 Å². The maximum atomic E-state index is 12.5. The number of carbonyl (C=O) groups excluding carboxylic acids is 1. The van der Waals surface area contributed by atoms with Gasteiger partial charge in [-0.05, 0) is 31.2 Å². The molecule has 0 aliphatic carbocycles. The van der Waals surface area contributed by atoms with Crippen molar-refractivity contribution in [3.63, 3.8) is 0 Å². The lowest BCUT2D eigenvalue weighted by atomic mass is 10.2. The lowest BCUT2D eigenvalue weighted by molar-refractivity contribution is -0.140. The van der Waals surface area contributed by atoms with E-state index < -0.39 is 17.8 Å². The Morgan fingerprint density at radius 1 is 1.25 bits per heavy atom. The van der Waals surface area contributed by atoms with Crippen LogP contribution in [0.25, 0.3) is 11.4 Å². The van der Waals surface area contributed by atoms with E-state index in [4.69, 9.17) is 9.26 Å². The standard InChI is InChI=1S/C17H15F3N4O3S/c1-2-26-11-5-3-10(4-6-11)15-23-14(27-24-15)8-7-13(25)22-16-21-12(9-28-16)17(18,19)20/h3-6,9H,2,7-8H2,1H3,(H,21,22,25). The highest BCUT2D eigenvalue weighted by atomic mass is 32.1. The average molecular weight is 412 g/mol. The lowest BCUT2D eigenvalue weighted by Gasteiger charge is -2.02. The zero-order valence-electron chi connectivity index (χ0n) is 14.6. The van der Waals surface area contributed by atoms with Crippen molar-refractivity contribution in [1.29, 1.82) is 0 Å². The van der Waals surface area contributed by atoms with Crippen molar-refractivity contribution < 1.29 is 27.2 Å². The van der Waals surface area contributed by atoms with E-state index in [2.05, 4.69) is 20.4 Å². The van der Waals surface area contributed by atoms with Crippen LogP contribution in [-0.4, -0.2) is 27.6 Å². The molecule has 0 saturated heterocycles. The summed E-state index contributed by atoms with van der Waals surface area (Å²) in [5, 5.41) is 6.92. The van der Waals surface area contributed by atoms with Crippen LogP contribution in [0.5, 0.6) is 5.75 Å². The summed E-state index contributed by atoms with van der Waals surface area (Å²) in [5.74, 6) is 0.841. The second kappa shape index (κ2) is 8.38. The molecule has 0 atom stereocenters. The van der Waals surface area contributed by atoms with Crippen molar-refractivity contribution in [3.8, 4) is 17.1 Å². The van der Waals surface area contributed by atoms with Gasteiger partial charge < -0.3 is 14.6 Å². The molecular formula is C17H15F3N4O3S. The molecule has 0 radical (unpaired) electrons. The number of nitrogens with zero attached hydrogens (tertiary/aromatic N) is 3. The Labute approximate surface area is 161 Å². The zero-order chi connectivity index (χ0) is 20.1. The van der Waals surface area contributed by atoms with Crippen LogP contribution in [0.1, 0.15) is 24.9 Å². The van der Waals surface area contributed by atoms with Crippen molar-refractivity contribution in [2.45, 2.75) is 25.9 Å². The molecule has 7 nitrogen and oxygen atoms in total. The third-order valence-electron chi connectivity index (χ3n) is 3.50. The molecule has 0 saturated carbocycles. The topological polar surface area (TPSA) is 90.1 Å². The molecule has 0 fully saturated rings. The Morgan fingerprint density at radius 3 is 2.64 bits per heavy atom. The normalized spacial score (nSPS) is 11.4. The summed E-state index contributed by atoms with van der Waals surface area (Å²) in [5.41, 5.74) is -0.310. The van der Waals surface area contributed by atoms with E-state index in [1.54, 1.807) is 24.3 Å². The Bertz CT molecular complexity index is 938. The first-order valence-corrected chi connectivity index (χ1v) is 9.11. The first kappa shape index (κ1) is 19.8. The van der Waals surface area contributed by atoms with Gasteiger partial charge in [0.2, 0.25) is 17.6 Å². The molecule has 2 heterocycles. The van der Waals surface area contributed by atoms with Gasteiger partial charge in [0.15, 0.2) is 10.8 Å². The van der Waals surface area contributed by atoms with Gasteiger partial charge in [0, 0.05) is 23.8 Å². The van der Waals surface area contributed by atoms with Crippen LogP contribution in [0.15, 0.2) is 34.2 Å². The predicted molar refractivity (Wildman–Crippen MR) is 95.0 cm³/mol. The van der Waals surface area contributed by atoms with Gasteiger partial charge in [0.25, 0.3) is 0 Å². The molecule has 28 heavy (non-hydrogen) atoms. The van der Waals surface area contributed by atoms with Crippen LogP contribution in [0.3, 0.4) is 0 Å². The highest BCUT2D eigenvalue weighted by molar-refractivity contribution is 7.13. The minimum atomic E-state index is -4.54. The van der Waals surface area contributed by atoms with Gasteiger partial charge in [-0.15, -0.1) is 11.3 Å². The van der Waals surface area contributed by atoms with Crippen LogP contribution in [0.4, 0.5) is 18.3 Å². The third kappa shape index (κ3) is 5.06. The SMILES string of the molecule is CCOc1ccc(-c2noc(CCC(=O)Nc3nc(C(F)(F)F)cs3)n2)cc1. The first-order chi connectivity index (χ1) is 13.3. The van der Waals surface area contributed by atoms with E-state index in [0.717, 1.165) is 16.7 Å². The van der Waals surface area contributed by atoms with E-state index in [0.29, 0.717) is 23.8 Å². The fourth-order valence-corrected chi connectivity index (χ4v) is 2.94. The molecule has 0 spiro atoms. The highest BCUT2D eigenvalue weighted by Gasteiger charge is 2.33. The summed E-state index contributed by atoms with van der Waals surface area (Å²) in [4.78, 5) is 19.4. The van der Waals surface area contributed by atoms with Crippen LogP contribution in [0, 0.1) is 0 Å². The third-order valence-corrected chi connectivity index (χ3v) is 4.26. The molecule has 0 aliphatic rings. The van der Waals surface area contributed by atoms with Crippen LogP contribution >= 0.6 is 11.3 Å². The zero-order valence-corrected chi connectivity index (χ0v) is 15.4.